The van der Waals surface area contributed by atoms with Crippen LogP contribution in [0.1, 0.15) is 12.0 Å². The zero-order valence-corrected chi connectivity index (χ0v) is 13.3. The molecule has 0 N–H and O–H groups in total. The van der Waals surface area contributed by atoms with E-state index in [-0.39, 0.29) is 10.7 Å². The Morgan fingerprint density at radius 1 is 1.41 bits per heavy atom. The zero-order valence-electron chi connectivity index (χ0n) is 8.58. The van der Waals surface area contributed by atoms with Crippen molar-refractivity contribution in [2.45, 2.75) is 11.2 Å². The van der Waals surface area contributed by atoms with E-state index in [1.807, 2.05) is 6.07 Å². The maximum atomic E-state index is 11.8. The summed E-state index contributed by atoms with van der Waals surface area (Å²) in [6.07, 6.45) is 0.466. The molecule has 0 spiro atoms. The summed E-state index contributed by atoms with van der Waals surface area (Å²) in [6, 6.07) is 5.68. The Kier molecular flexibility index (Phi) is 3.91. The van der Waals surface area contributed by atoms with Gasteiger partial charge in [0.15, 0.2) is 0 Å². The van der Waals surface area contributed by atoms with Crippen molar-refractivity contribution in [3.8, 4) is 6.07 Å². The van der Waals surface area contributed by atoms with Crippen LogP contribution in [0.25, 0.3) is 0 Å². The summed E-state index contributed by atoms with van der Waals surface area (Å²) < 4.78 is 1.56. The highest BCUT2D eigenvalue weighted by Crippen LogP contribution is 2.36. The number of rotatable bonds is 1. The molecule has 2 rings (SSSR count). The van der Waals surface area contributed by atoms with Gasteiger partial charge in [0.2, 0.25) is 5.91 Å². The van der Waals surface area contributed by atoms with Crippen molar-refractivity contribution < 1.29 is 4.79 Å². The number of nitriles is 1. The summed E-state index contributed by atoms with van der Waals surface area (Å²) in [4.78, 5) is 13.6. The minimum Gasteiger partial charge on any atom is -0.309 e. The molecule has 1 saturated heterocycles. The molecule has 1 unspecified atom stereocenters. The van der Waals surface area contributed by atoms with Crippen molar-refractivity contribution in [3.63, 3.8) is 0 Å². The highest BCUT2D eigenvalue weighted by Gasteiger charge is 2.31. The molecule has 3 nitrogen and oxygen atoms in total. The van der Waals surface area contributed by atoms with Crippen LogP contribution in [-0.2, 0) is 4.79 Å². The minimum absolute atomic E-state index is 0.0337. The van der Waals surface area contributed by atoms with Gasteiger partial charge in [-0.1, -0.05) is 31.9 Å². The third kappa shape index (κ3) is 2.56. The molecule has 1 amide bonds. The summed E-state index contributed by atoms with van der Waals surface area (Å²) in [7, 11) is 0. The van der Waals surface area contributed by atoms with Crippen molar-refractivity contribution >= 4 is 59.4 Å². The van der Waals surface area contributed by atoms with Crippen LogP contribution in [0.4, 0.5) is 5.69 Å². The van der Waals surface area contributed by atoms with E-state index in [1.54, 1.807) is 11.0 Å². The topological polar surface area (TPSA) is 44.1 Å². The van der Waals surface area contributed by atoms with Gasteiger partial charge in [-0.15, -0.1) is 0 Å². The summed E-state index contributed by atoms with van der Waals surface area (Å²) in [5, 5.41) is 9.14. The number of carbonyl (C=O) groups is 1. The van der Waals surface area contributed by atoms with Gasteiger partial charge in [0, 0.05) is 26.7 Å². The molecule has 0 aliphatic carbocycles. The van der Waals surface area contributed by atoms with Crippen molar-refractivity contribution in [3.05, 3.63) is 26.6 Å². The first-order valence-electron chi connectivity index (χ1n) is 4.86. The summed E-state index contributed by atoms with van der Waals surface area (Å²) in [5.41, 5.74) is 1.14. The van der Waals surface area contributed by atoms with Gasteiger partial charge in [0.25, 0.3) is 0 Å². The first kappa shape index (κ1) is 13.1. The van der Waals surface area contributed by atoms with Gasteiger partial charge in [-0.05, 0) is 28.1 Å². The largest absolute Gasteiger partial charge is 0.309 e. The van der Waals surface area contributed by atoms with Crippen LogP contribution in [0.3, 0.4) is 0 Å². The summed E-state index contributed by atoms with van der Waals surface area (Å²) >= 11 is 10.2. The maximum absolute atomic E-state index is 11.8. The maximum Gasteiger partial charge on any atom is 0.228 e. The van der Waals surface area contributed by atoms with Gasteiger partial charge in [0.05, 0.1) is 11.3 Å². The Bertz CT molecular complexity index is 524. The smallest absolute Gasteiger partial charge is 0.228 e. The fraction of sp³-hybridized carbons (Fsp3) is 0.273. The first-order valence-corrected chi connectivity index (χ1v) is 7.36. The number of nitrogens with zero attached hydrogens (tertiary/aromatic N) is 2. The fourth-order valence-electron chi connectivity index (χ4n) is 1.81. The first-order chi connectivity index (χ1) is 8.02. The van der Waals surface area contributed by atoms with E-state index in [2.05, 4.69) is 53.9 Å². The zero-order chi connectivity index (χ0) is 12.6. The van der Waals surface area contributed by atoms with Crippen molar-refractivity contribution in [1.29, 1.82) is 5.26 Å². The molecule has 6 heteroatoms. The third-order valence-corrected chi connectivity index (χ3v) is 4.17. The standard InChI is InChI=1S/C11H7Br3N2O/c12-7-1-6(4-15)11(9(14)2-7)16-5-8(13)3-10(16)17/h1-2,8H,3,5H2. The summed E-state index contributed by atoms with van der Waals surface area (Å²) in [6.45, 7) is 0.591. The second-order valence-electron chi connectivity index (χ2n) is 3.70. The number of alkyl halides is 1. The molecule has 1 aromatic carbocycles. The van der Waals surface area contributed by atoms with Crippen molar-refractivity contribution in [1.82, 2.24) is 0 Å². The Morgan fingerprint density at radius 3 is 2.65 bits per heavy atom. The average molecular weight is 423 g/mol. The molecule has 0 saturated carbocycles. The Morgan fingerprint density at radius 2 is 2.12 bits per heavy atom. The molecule has 17 heavy (non-hydrogen) atoms. The van der Waals surface area contributed by atoms with E-state index in [1.165, 1.54) is 0 Å². The number of hydrogen-bond donors (Lipinski definition) is 0. The van der Waals surface area contributed by atoms with E-state index in [4.69, 9.17) is 5.26 Å². The van der Waals surface area contributed by atoms with Crippen LogP contribution >= 0.6 is 47.8 Å². The van der Waals surface area contributed by atoms with Crippen LogP contribution in [-0.4, -0.2) is 17.3 Å². The number of amides is 1. The predicted octanol–water partition coefficient (Wildman–Crippen LogP) is 3.58. The Labute approximate surface area is 124 Å². The predicted molar refractivity (Wildman–Crippen MR) is 76.2 cm³/mol. The number of carbonyl (C=O) groups excluding carboxylic acids is 1. The molecule has 1 aromatic rings. The molecule has 88 valence electrons. The second kappa shape index (κ2) is 5.09. The lowest BCUT2D eigenvalue weighted by Crippen LogP contribution is -2.25. The van der Waals surface area contributed by atoms with Gasteiger partial charge >= 0.3 is 0 Å². The van der Waals surface area contributed by atoms with Crippen molar-refractivity contribution in [2.75, 3.05) is 11.4 Å². The van der Waals surface area contributed by atoms with Gasteiger partial charge in [-0.25, -0.2) is 0 Å². The number of hydrogen-bond acceptors (Lipinski definition) is 2. The second-order valence-corrected chi connectivity index (χ2v) is 6.77. The molecule has 1 aliphatic rings. The molecular weight excluding hydrogens is 416 g/mol. The Balaban J connectivity index is 2.52. The highest BCUT2D eigenvalue weighted by molar-refractivity contribution is 9.11. The molecule has 0 radical (unpaired) electrons. The molecule has 0 bridgehead atoms. The fourth-order valence-corrected chi connectivity index (χ4v) is 3.81. The van der Waals surface area contributed by atoms with Gasteiger partial charge in [-0.2, -0.15) is 5.26 Å². The number of halogens is 3. The molecule has 1 atom stereocenters. The normalized spacial score (nSPS) is 19.5. The molecular formula is C11H7Br3N2O. The summed E-state index contributed by atoms with van der Waals surface area (Å²) in [5.74, 6) is 0.0337. The molecule has 1 aliphatic heterocycles. The average Bonchev–Trinajstić information content (AvgIpc) is 2.56. The highest BCUT2D eigenvalue weighted by atomic mass is 79.9. The third-order valence-electron chi connectivity index (χ3n) is 2.50. The van der Waals surface area contributed by atoms with Gasteiger partial charge in [0.1, 0.15) is 6.07 Å². The molecule has 1 fully saturated rings. The molecule has 0 aromatic heterocycles. The van der Waals surface area contributed by atoms with E-state index in [9.17, 15) is 4.79 Å². The lowest BCUT2D eigenvalue weighted by molar-refractivity contribution is -0.117. The van der Waals surface area contributed by atoms with Crippen LogP contribution in [0.5, 0.6) is 0 Å². The van der Waals surface area contributed by atoms with Crippen molar-refractivity contribution in [2.24, 2.45) is 0 Å². The van der Waals surface area contributed by atoms with Gasteiger partial charge < -0.3 is 4.90 Å². The SMILES string of the molecule is N#Cc1cc(Br)cc(Br)c1N1CC(Br)CC1=O. The Hall–Kier alpha value is -0.380. The quantitative estimate of drug-likeness (QED) is 0.649. The van der Waals surface area contributed by atoms with Crippen LogP contribution in [0.15, 0.2) is 21.1 Å². The number of benzene rings is 1. The molecule has 1 heterocycles. The van der Waals surface area contributed by atoms with Crippen LogP contribution in [0.2, 0.25) is 0 Å². The minimum atomic E-state index is 0.0337. The van der Waals surface area contributed by atoms with E-state index in [0.29, 0.717) is 24.2 Å². The lowest BCUT2D eigenvalue weighted by Gasteiger charge is -2.19. The monoisotopic (exact) mass is 420 g/mol. The number of anilines is 1. The van der Waals surface area contributed by atoms with Crippen LogP contribution in [0, 0.1) is 11.3 Å². The van der Waals surface area contributed by atoms with Crippen LogP contribution < -0.4 is 4.90 Å². The lowest BCUT2D eigenvalue weighted by atomic mass is 10.2. The van der Waals surface area contributed by atoms with E-state index >= 15 is 0 Å². The van der Waals surface area contributed by atoms with Gasteiger partial charge in [-0.3, -0.25) is 4.79 Å². The van der Waals surface area contributed by atoms with E-state index < -0.39 is 0 Å². The van der Waals surface area contributed by atoms with E-state index in [0.717, 1.165) is 8.95 Å².